The number of rotatable bonds is 6. The summed E-state index contributed by atoms with van der Waals surface area (Å²) < 4.78 is 0. The van der Waals surface area contributed by atoms with Gasteiger partial charge in [0.05, 0.1) is 12.1 Å². The predicted octanol–water partition coefficient (Wildman–Crippen LogP) is 0.489. The van der Waals surface area contributed by atoms with E-state index in [-0.39, 0.29) is 12.5 Å². The second-order valence-corrected chi connectivity index (χ2v) is 4.38. The average molecular weight is 214 g/mol. The van der Waals surface area contributed by atoms with E-state index in [1.807, 2.05) is 0 Å². The molecule has 0 radical (unpaired) electrons. The minimum Gasteiger partial charge on any atom is -0.395 e. The SMILES string of the molecule is CCCCN(CCO)C(=O)C1(N)CCC1. The van der Waals surface area contributed by atoms with Crippen LogP contribution in [-0.4, -0.2) is 41.1 Å². The van der Waals surface area contributed by atoms with Crippen LogP contribution in [0.5, 0.6) is 0 Å². The van der Waals surface area contributed by atoms with Crippen molar-refractivity contribution in [1.29, 1.82) is 0 Å². The zero-order chi connectivity index (χ0) is 11.3. The number of aliphatic hydroxyl groups is 1. The lowest BCUT2D eigenvalue weighted by Crippen LogP contribution is -2.60. The highest BCUT2D eigenvalue weighted by Gasteiger charge is 2.42. The summed E-state index contributed by atoms with van der Waals surface area (Å²) in [5.74, 6) is 0.0243. The molecule has 3 N–H and O–H groups in total. The van der Waals surface area contributed by atoms with E-state index in [0.29, 0.717) is 6.54 Å². The summed E-state index contributed by atoms with van der Waals surface area (Å²) in [6, 6.07) is 0. The summed E-state index contributed by atoms with van der Waals surface area (Å²) in [6.45, 7) is 3.24. The zero-order valence-electron chi connectivity index (χ0n) is 9.54. The van der Waals surface area contributed by atoms with Crippen molar-refractivity contribution >= 4 is 5.91 Å². The van der Waals surface area contributed by atoms with Crippen molar-refractivity contribution < 1.29 is 9.90 Å². The van der Waals surface area contributed by atoms with Gasteiger partial charge in [-0.3, -0.25) is 4.79 Å². The Balaban J connectivity index is 2.50. The lowest BCUT2D eigenvalue weighted by molar-refractivity contribution is -0.140. The molecule has 0 spiro atoms. The van der Waals surface area contributed by atoms with Gasteiger partial charge in [-0.15, -0.1) is 0 Å². The van der Waals surface area contributed by atoms with Crippen LogP contribution in [0.4, 0.5) is 0 Å². The first-order valence-corrected chi connectivity index (χ1v) is 5.83. The minimum absolute atomic E-state index is 0.0194. The van der Waals surface area contributed by atoms with Gasteiger partial charge >= 0.3 is 0 Å². The molecule has 4 heteroatoms. The van der Waals surface area contributed by atoms with Gasteiger partial charge < -0.3 is 15.7 Å². The van der Waals surface area contributed by atoms with E-state index in [2.05, 4.69) is 6.92 Å². The van der Waals surface area contributed by atoms with Gasteiger partial charge in [0.1, 0.15) is 0 Å². The van der Waals surface area contributed by atoms with Gasteiger partial charge in [-0.1, -0.05) is 13.3 Å². The number of amides is 1. The first-order chi connectivity index (χ1) is 7.14. The molecule has 0 aromatic carbocycles. The van der Waals surface area contributed by atoms with Crippen molar-refractivity contribution in [2.45, 2.75) is 44.6 Å². The second-order valence-electron chi connectivity index (χ2n) is 4.38. The fraction of sp³-hybridized carbons (Fsp3) is 0.909. The Morgan fingerprint density at radius 3 is 2.53 bits per heavy atom. The quantitative estimate of drug-likeness (QED) is 0.676. The highest BCUT2D eigenvalue weighted by molar-refractivity contribution is 5.87. The van der Waals surface area contributed by atoms with Crippen LogP contribution in [0.1, 0.15) is 39.0 Å². The van der Waals surface area contributed by atoms with E-state index in [4.69, 9.17) is 10.8 Å². The van der Waals surface area contributed by atoms with E-state index < -0.39 is 5.54 Å². The molecule has 1 fully saturated rings. The molecule has 0 aliphatic heterocycles. The molecule has 0 saturated heterocycles. The smallest absolute Gasteiger partial charge is 0.242 e. The molecule has 0 aromatic rings. The minimum atomic E-state index is -0.622. The summed E-state index contributed by atoms with van der Waals surface area (Å²) >= 11 is 0. The fourth-order valence-electron chi connectivity index (χ4n) is 1.87. The third-order valence-corrected chi connectivity index (χ3v) is 3.11. The molecule has 0 bridgehead atoms. The van der Waals surface area contributed by atoms with Crippen molar-refractivity contribution in [2.24, 2.45) is 5.73 Å². The van der Waals surface area contributed by atoms with Crippen molar-refractivity contribution in [3.63, 3.8) is 0 Å². The van der Waals surface area contributed by atoms with Crippen molar-refractivity contribution in [2.75, 3.05) is 19.7 Å². The second kappa shape index (κ2) is 5.47. The maximum atomic E-state index is 12.0. The Bertz CT molecular complexity index is 215. The van der Waals surface area contributed by atoms with Gasteiger partial charge in [0.15, 0.2) is 0 Å². The molecule has 0 aromatic heterocycles. The number of unbranched alkanes of at least 4 members (excludes halogenated alkanes) is 1. The van der Waals surface area contributed by atoms with Crippen LogP contribution in [0.25, 0.3) is 0 Å². The van der Waals surface area contributed by atoms with Crippen LogP contribution in [0.15, 0.2) is 0 Å². The molecule has 15 heavy (non-hydrogen) atoms. The maximum absolute atomic E-state index is 12.0. The number of aliphatic hydroxyl groups excluding tert-OH is 1. The average Bonchev–Trinajstić information content (AvgIpc) is 2.19. The first kappa shape index (κ1) is 12.5. The van der Waals surface area contributed by atoms with Gasteiger partial charge in [0.2, 0.25) is 5.91 Å². The topological polar surface area (TPSA) is 66.6 Å². The lowest BCUT2D eigenvalue weighted by Gasteiger charge is -2.40. The van der Waals surface area contributed by atoms with Crippen LogP contribution in [0.3, 0.4) is 0 Å². The van der Waals surface area contributed by atoms with E-state index in [1.165, 1.54) is 0 Å². The number of hydrogen-bond acceptors (Lipinski definition) is 3. The fourth-order valence-corrected chi connectivity index (χ4v) is 1.87. The van der Waals surface area contributed by atoms with Gasteiger partial charge in [0, 0.05) is 13.1 Å². The lowest BCUT2D eigenvalue weighted by atomic mass is 9.76. The molecule has 1 amide bonds. The molecule has 0 heterocycles. The molecule has 1 aliphatic carbocycles. The summed E-state index contributed by atoms with van der Waals surface area (Å²) in [5, 5.41) is 8.91. The molecule has 0 unspecified atom stereocenters. The van der Waals surface area contributed by atoms with Crippen LogP contribution >= 0.6 is 0 Å². The Hall–Kier alpha value is -0.610. The van der Waals surface area contributed by atoms with Gasteiger partial charge in [0.25, 0.3) is 0 Å². The Kier molecular flexibility index (Phi) is 4.54. The number of carbonyl (C=O) groups excluding carboxylic acids is 1. The third-order valence-electron chi connectivity index (χ3n) is 3.11. The van der Waals surface area contributed by atoms with E-state index in [1.54, 1.807) is 4.90 Å². The monoisotopic (exact) mass is 214 g/mol. The maximum Gasteiger partial charge on any atom is 0.242 e. The molecular formula is C11H22N2O2. The van der Waals surface area contributed by atoms with E-state index >= 15 is 0 Å². The number of nitrogens with zero attached hydrogens (tertiary/aromatic N) is 1. The number of hydrogen-bond donors (Lipinski definition) is 2. The molecule has 88 valence electrons. The van der Waals surface area contributed by atoms with Crippen LogP contribution in [0.2, 0.25) is 0 Å². The summed E-state index contributed by atoms with van der Waals surface area (Å²) in [4.78, 5) is 13.7. The Labute approximate surface area is 91.4 Å². The standard InChI is InChI=1S/C11H22N2O2/c1-2-3-7-13(8-9-14)10(15)11(12)5-4-6-11/h14H,2-9,12H2,1H3. The summed E-state index contributed by atoms with van der Waals surface area (Å²) in [7, 11) is 0. The van der Waals surface area contributed by atoms with Gasteiger partial charge in [-0.05, 0) is 25.7 Å². The zero-order valence-corrected chi connectivity index (χ0v) is 9.54. The van der Waals surface area contributed by atoms with E-state index in [0.717, 1.165) is 38.6 Å². The Morgan fingerprint density at radius 1 is 1.47 bits per heavy atom. The highest BCUT2D eigenvalue weighted by atomic mass is 16.3. The van der Waals surface area contributed by atoms with Crippen molar-refractivity contribution in [1.82, 2.24) is 4.90 Å². The van der Waals surface area contributed by atoms with Crippen molar-refractivity contribution in [3.8, 4) is 0 Å². The van der Waals surface area contributed by atoms with Crippen LogP contribution < -0.4 is 5.73 Å². The van der Waals surface area contributed by atoms with Crippen LogP contribution in [-0.2, 0) is 4.79 Å². The summed E-state index contributed by atoms with van der Waals surface area (Å²) in [6.07, 6.45) is 4.65. The molecular weight excluding hydrogens is 192 g/mol. The van der Waals surface area contributed by atoms with Gasteiger partial charge in [-0.25, -0.2) is 0 Å². The first-order valence-electron chi connectivity index (χ1n) is 5.83. The van der Waals surface area contributed by atoms with Crippen molar-refractivity contribution in [3.05, 3.63) is 0 Å². The number of nitrogens with two attached hydrogens (primary N) is 1. The van der Waals surface area contributed by atoms with Crippen LogP contribution in [0, 0.1) is 0 Å². The predicted molar refractivity (Wildman–Crippen MR) is 59.3 cm³/mol. The normalized spacial score (nSPS) is 18.3. The van der Waals surface area contributed by atoms with Gasteiger partial charge in [-0.2, -0.15) is 0 Å². The molecule has 4 nitrogen and oxygen atoms in total. The third kappa shape index (κ3) is 2.92. The molecule has 1 rings (SSSR count). The summed E-state index contributed by atoms with van der Waals surface area (Å²) in [5.41, 5.74) is 5.35. The van der Waals surface area contributed by atoms with E-state index in [9.17, 15) is 4.79 Å². The molecule has 1 saturated carbocycles. The molecule has 1 aliphatic rings. The molecule has 0 atom stereocenters. The number of carbonyl (C=O) groups is 1. The Morgan fingerprint density at radius 2 is 2.13 bits per heavy atom. The largest absolute Gasteiger partial charge is 0.395 e. The highest BCUT2D eigenvalue weighted by Crippen LogP contribution is 2.30.